The Morgan fingerprint density at radius 2 is 2.10 bits per heavy atom. The van der Waals surface area contributed by atoms with Gasteiger partial charge in [-0.25, -0.2) is 9.59 Å². The van der Waals surface area contributed by atoms with E-state index in [1.807, 2.05) is 0 Å². The number of carboxylic acids is 1. The third-order valence-electron chi connectivity index (χ3n) is 2.46. The molecular formula is C14H16N2O5. The van der Waals surface area contributed by atoms with Gasteiger partial charge in [0.05, 0.1) is 5.56 Å². The highest BCUT2D eigenvalue weighted by Crippen LogP contribution is 2.17. The fraction of sp³-hybridized carbons (Fsp3) is 0.214. The predicted molar refractivity (Wildman–Crippen MR) is 75.4 cm³/mol. The van der Waals surface area contributed by atoms with Crippen molar-refractivity contribution in [3.63, 3.8) is 0 Å². The molecule has 7 nitrogen and oxygen atoms in total. The zero-order valence-corrected chi connectivity index (χ0v) is 11.5. The number of aromatic carboxylic acids is 1. The molecule has 0 aliphatic rings. The van der Waals surface area contributed by atoms with E-state index in [0.29, 0.717) is 11.3 Å². The number of imide groups is 1. The van der Waals surface area contributed by atoms with Gasteiger partial charge >= 0.3 is 12.0 Å². The second-order valence-corrected chi connectivity index (χ2v) is 4.12. The van der Waals surface area contributed by atoms with Crippen molar-refractivity contribution in [1.82, 2.24) is 10.6 Å². The number of amides is 3. The summed E-state index contributed by atoms with van der Waals surface area (Å²) >= 11 is 0. The Morgan fingerprint density at radius 1 is 1.38 bits per heavy atom. The number of urea groups is 1. The summed E-state index contributed by atoms with van der Waals surface area (Å²) in [6.45, 7) is 4.94. The minimum atomic E-state index is -1.03. The first-order chi connectivity index (χ1) is 9.93. The molecule has 0 spiro atoms. The second kappa shape index (κ2) is 7.68. The molecule has 21 heavy (non-hydrogen) atoms. The smallest absolute Gasteiger partial charge is 0.335 e. The van der Waals surface area contributed by atoms with Crippen LogP contribution in [0.25, 0.3) is 0 Å². The van der Waals surface area contributed by atoms with Crippen molar-refractivity contribution in [1.29, 1.82) is 0 Å². The van der Waals surface area contributed by atoms with Crippen molar-refractivity contribution in [2.75, 3.05) is 13.2 Å². The standard InChI is InChI=1S/C14H16N2O5/c1-3-6-15-14(20)16-12(17)8-21-10-4-5-11(13(18)19)9(2)7-10/h3-5,7H,1,6,8H2,2H3,(H,18,19)(H2,15,16,17,20). The quantitative estimate of drug-likeness (QED) is 0.681. The Kier molecular flexibility index (Phi) is 5.94. The summed E-state index contributed by atoms with van der Waals surface area (Å²) < 4.78 is 5.18. The number of carbonyl (C=O) groups is 3. The first-order valence-electron chi connectivity index (χ1n) is 6.09. The van der Waals surface area contributed by atoms with Crippen LogP contribution < -0.4 is 15.4 Å². The number of carboxylic acid groups (broad SMARTS) is 1. The summed E-state index contributed by atoms with van der Waals surface area (Å²) in [5.74, 6) is -1.30. The average Bonchev–Trinajstić information content (AvgIpc) is 2.42. The van der Waals surface area contributed by atoms with Crippen LogP contribution in [0.4, 0.5) is 4.79 Å². The van der Waals surface area contributed by atoms with Crippen molar-refractivity contribution >= 4 is 17.9 Å². The van der Waals surface area contributed by atoms with E-state index in [1.165, 1.54) is 24.3 Å². The summed E-state index contributed by atoms with van der Waals surface area (Å²) in [6.07, 6.45) is 1.48. The fourth-order valence-corrected chi connectivity index (χ4v) is 1.49. The first kappa shape index (κ1) is 16.2. The molecule has 112 valence electrons. The van der Waals surface area contributed by atoms with Crippen LogP contribution in [0, 0.1) is 6.92 Å². The summed E-state index contributed by atoms with van der Waals surface area (Å²) in [4.78, 5) is 33.5. The molecule has 3 N–H and O–H groups in total. The van der Waals surface area contributed by atoms with E-state index < -0.39 is 17.9 Å². The van der Waals surface area contributed by atoms with E-state index in [4.69, 9.17) is 9.84 Å². The zero-order chi connectivity index (χ0) is 15.8. The van der Waals surface area contributed by atoms with Gasteiger partial charge in [-0.15, -0.1) is 6.58 Å². The fourth-order valence-electron chi connectivity index (χ4n) is 1.49. The Morgan fingerprint density at radius 3 is 2.67 bits per heavy atom. The van der Waals surface area contributed by atoms with E-state index in [1.54, 1.807) is 6.92 Å². The van der Waals surface area contributed by atoms with Crippen LogP contribution in [0.5, 0.6) is 5.75 Å². The van der Waals surface area contributed by atoms with Gasteiger partial charge in [0.15, 0.2) is 6.61 Å². The minimum absolute atomic E-state index is 0.163. The van der Waals surface area contributed by atoms with Gasteiger partial charge in [-0.3, -0.25) is 10.1 Å². The molecular weight excluding hydrogens is 276 g/mol. The Hall–Kier alpha value is -2.83. The molecule has 0 aliphatic heterocycles. The van der Waals surface area contributed by atoms with Crippen molar-refractivity contribution in [3.05, 3.63) is 42.0 Å². The molecule has 0 fully saturated rings. The van der Waals surface area contributed by atoms with E-state index >= 15 is 0 Å². The highest BCUT2D eigenvalue weighted by Gasteiger charge is 2.10. The van der Waals surface area contributed by atoms with Crippen LogP contribution >= 0.6 is 0 Å². The normalized spacial score (nSPS) is 9.57. The predicted octanol–water partition coefficient (Wildman–Crippen LogP) is 1.08. The molecule has 0 aromatic heterocycles. The lowest BCUT2D eigenvalue weighted by Gasteiger charge is -2.08. The third kappa shape index (κ3) is 5.35. The van der Waals surface area contributed by atoms with E-state index in [9.17, 15) is 14.4 Å². The molecule has 0 saturated carbocycles. The average molecular weight is 292 g/mol. The lowest BCUT2D eigenvalue weighted by atomic mass is 10.1. The molecule has 0 unspecified atom stereocenters. The molecule has 0 saturated heterocycles. The number of benzene rings is 1. The Bertz CT molecular complexity index is 568. The molecule has 0 atom stereocenters. The van der Waals surface area contributed by atoms with Crippen LogP contribution in [-0.4, -0.2) is 36.2 Å². The molecule has 0 radical (unpaired) electrons. The van der Waals surface area contributed by atoms with Crippen LogP contribution in [-0.2, 0) is 4.79 Å². The van der Waals surface area contributed by atoms with Crippen molar-refractivity contribution < 1.29 is 24.2 Å². The second-order valence-electron chi connectivity index (χ2n) is 4.12. The summed E-state index contributed by atoms with van der Waals surface area (Å²) in [7, 11) is 0. The number of nitrogens with one attached hydrogen (secondary N) is 2. The summed E-state index contributed by atoms with van der Waals surface area (Å²) in [5, 5.41) is 13.3. The maximum atomic E-state index is 11.4. The molecule has 1 aromatic rings. The summed E-state index contributed by atoms with van der Waals surface area (Å²) in [5.41, 5.74) is 0.680. The monoisotopic (exact) mass is 292 g/mol. The van der Waals surface area contributed by atoms with Crippen LogP contribution in [0.2, 0.25) is 0 Å². The van der Waals surface area contributed by atoms with Gasteiger partial charge in [-0.2, -0.15) is 0 Å². The van der Waals surface area contributed by atoms with Crippen LogP contribution in [0.15, 0.2) is 30.9 Å². The highest BCUT2D eigenvalue weighted by atomic mass is 16.5. The van der Waals surface area contributed by atoms with E-state index in [0.717, 1.165) is 0 Å². The van der Waals surface area contributed by atoms with Gasteiger partial charge < -0.3 is 15.2 Å². The molecule has 3 amide bonds. The van der Waals surface area contributed by atoms with Crippen molar-refractivity contribution in [2.24, 2.45) is 0 Å². The van der Waals surface area contributed by atoms with Gasteiger partial charge in [0.25, 0.3) is 5.91 Å². The molecule has 1 aromatic carbocycles. The first-order valence-corrected chi connectivity index (χ1v) is 6.09. The highest BCUT2D eigenvalue weighted by molar-refractivity contribution is 5.95. The Labute approximate surface area is 121 Å². The van der Waals surface area contributed by atoms with Gasteiger partial charge in [0, 0.05) is 6.54 Å². The molecule has 7 heteroatoms. The largest absolute Gasteiger partial charge is 0.484 e. The van der Waals surface area contributed by atoms with Crippen LogP contribution in [0.1, 0.15) is 15.9 Å². The maximum Gasteiger partial charge on any atom is 0.335 e. The zero-order valence-electron chi connectivity index (χ0n) is 11.5. The number of hydrogen-bond acceptors (Lipinski definition) is 4. The molecule has 1 rings (SSSR count). The molecule has 0 heterocycles. The topological polar surface area (TPSA) is 105 Å². The van der Waals surface area contributed by atoms with E-state index in [2.05, 4.69) is 17.2 Å². The number of rotatable bonds is 6. The third-order valence-corrected chi connectivity index (χ3v) is 2.46. The van der Waals surface area contributed by atoms with E-state index in [-0.39, 0.29) is 18.7 Å². The number of ether oxygens (including phenoxy) is 1. The number of hydrogen-bond donors (Lipinski definition) is 3. The molecule has 0 bridgehead atoms. The Balaban J connectivity index is 2.50. The van der Waals surface area contributed by atoms with Crippen molar-refractivity contribution in [3.8, 4) is 5.75 Å². The number of aryl methyl sites for hydroxylation is 1. The lowest BCUT2D eigenvalue weighted by molar-refractivity contribution is -0.122. The minimum Gasteiger partial charge on any atom is -0.484 e. The maximum absolute atomic E-state index is 11.4. The molecule has 0 aliphatic carbocycles. The van der Waals surface area contributed by atoms with Crippen molar-refractivity contribution in [2.45, 2.75) is 6.92 Å². The summed E-state index contributed by atoms with van der Waals surface area (Å²) in [6, 6.07) is 3.71. The van der Waals surface area contributed by atoms with Gasteiger partial charge in [-0.05, 0) is 30.7 Å². The van der Waals surface area contributed by atoms with Gasteiger partial charge in [0.2, 0.25) is 0 Å². The van der Waals surface area contributed by atoms with Crippen LogP contribution in [0.3, 0.4) is 0 Å². The SMILES string of the molecule is C=CCNC(=O)NC(=O)COc1ccc(C(=O)O)c(C)c1. The lowest BCUT2D eigenvalue weighted by Crippen LogP contribution is -2.41. The number of carbonyl (C=O) groups excluding carboxylic acids is 2. The van der Waals surface area contributed by atoms with Gasteiger partial charge in [-0.1, -0.05) is 6.08 Å². The van der Waals surface area contributed by atoms with Gasteiger partial charge in [0.1, 0.15) is 5.75 Å².